The maximum atomic E-state index is 12.4. The van der Waals surface area contributed by atoms with Gasteiger partial charge < -0.3 is 9.73 Å². The highest BCUT2D eigenvalue weighted by atomic mass is 32.2. The Morgan fingerprint density at radius 1 is 1.38 bits per heavy atom. The number of aromatic nitrogens is 1. The van der Waals surface area contributed by atoms with Crippen LogP contribution in [0, 0.1) is 13.8 Å². The number of hydrogen-bond acceptors (Lipinski definition) is 6. The average molecular weight is 371 g/mol. The first-order chi connectivity index (χ1) is 12.5. The number of furan rings is 1. The Labute approximate surface area is 154 Å². The lowest BCUT2D eigenvalue weighted by molar-refractivity contribution is -0.122. The Bertz CT molecular complexity index is 889. The molecule has 0 aromatic carbocycles. The summed E-state index contributed by atoms with van der Waals surface area (Å²) in [5.74, 6) is 0.523. The van der Waals surface area contributed by atoms with Crippen LogP contribution in [-0.4, -0.2) is 40.0 Å². The van der Waals surface area contributed by atoms with Gasteiger partial charge in [-0.05, 0) is 49.4 Å². The Morgan fingerprint density at radius 2 is 2.19 bits per heavy atom. The van der Waals surface area contributed by atoms with E-state index in [0.717, 1.165) is 22.2 Å². The lowest BCUT2D eigenvalue weighted by atomic mass is 10.2. The molecular formula is C18H17N3O4S. The minimum atomic E-state index is -0.367. The highest BCUT2D eigenvalue weighted by Crippen LogP contribution is 2.31. The normalized spacial score (nSPS) is 15.8. The number of thioether (sulfide) groups is 1. The standard InChI is InChI=1S/C18H17N3O4S/c1-11-8-14(12(2)25-11)16(22)20-6-7-21-17(23)15(26-18(21)24)9-13-4-3-5-19-10-13/h3-5,8-10H,6-7H2,1-2H3,(H,20,22). The van der Waals surface area contributed by atoms with Crippen LogP contribution in [0.3, 0.4) is 0 Å². The topological polar surface area (TPSA) is 92.5 Å². The molecule has 3 heterocycles. The van der Waals surface area contributed by atoms with E-state index in [0.29, 0.717) is 22.0 Å². The van der Waals surface area contributed by atoms with Gasteiger partial charge in [-0.3, -0.25) is 24.3 Å². The molecule has 2 aromatic heterocycles. The third-order valence-corrected chi connectivity index (χ3v) is 4.67. The first-order valence-electron chi connectivity index (χ1n) is 7.96. The van der Waals surface area contributed by atoms with Gasteiger partial charge in [-0.1, -0.05) is 6.07 Å². The molecule has 1 saturated heterocycles. The van der Waals surface area contributed by atoms with E-state index in [4.69, 9.17) is 4.42 Å². The zero-order chi connectivity index (χ0) is 18.7. The van der Waals surface area contributed by atoms with Crippen molar-refractivity contribution < 1.29 is 18.8 Å². The lowest BCUT2D eigenvalue weighted by Gasteiger charge is -2.12. The average Bonchev–Trinajstić information content (AvgIpc) is 3.08. The maximum Gasteiger partial charge on any atom is 0.293 e. The zero-order valence-corrected chi connectivity index (χ0v) is 15.1. The number of carbonyl (C=O) groups is 3. The zero-order valence-electron chi connectivity index (χ0n) is 14.3. The molecule has 134 valence electrons. The van der Waals surface area contributed by atoms with E-state index in [1.54, 1.807) is 50.5 Å². The van der Waals surface area contributed by atoms with E-state index in [9.17, 15) is 14.4 Å². The molecule has 1 fully saturated rings. The van der Waals surface area contributed by atoms with Crippen molar-refractivity contribution in [3.63, 3.8) is 0 Å². The fourth-order valence-corrected chi connectivity index (χ4v) is 3.40. The van der Waals surface area contributed by atoms with Gasteiger partial charge in [-0.2, -0.15) is 0 Å². The molecule has 3 amide bonds. The van der Waals surface area contributed by atoms with E-state index < -0.39 is 0 Å². The molecule has 0 aliphatic carbocycles. The van der Waals surface area contributed by atoms with Crippen LogP contribution in [0.1, 0.15) is 27.4 Å². The summed E-state index contributed by atoms with van der Waals surface area (Å²) < 4.78 is 5.32. The maximum absolute atomic E-state index is 12.4. The third kappa shape index (κ3) is 3.85. The van der Waals surface area contributed by atoms with E-state index in [1.807, 2.05) is 0 Å². The molecule has 0 spiro atoms. The van der Waals surface area contributed by atoms with Gasteiger partial charge in [0.25, 0.3) is 17.1 Å². The predicted octanol–water partition coefficient (Wildman–Crippen LogP) is 2.76. The van der Waals surface area contributed by atoms with E-state index in [-0.39, 0.29) is 30.1 Å². The van der Waals surface area contributed by atoms with Gasteiger partial charge in [0.15, 0.2) is 0 Å². The minimum Gasteiger partial charge on any atom is -0.466 e. The molecule has 0 saturated carbocycles. The molecule has 0 atom stereocenters. The van der Waals surface area contributed by atoms with Gasteiger partial charge in [0.05, 0.1) is 10.5 Å². The van der Waals surface area contributed by atoms with Crippen molar-refractivity contribution >= 4 is 34.9 Å². The number of hydrogen-bond donors (Lipinski definition) is 1. The largest absolute Gasteiger partial charge is 0.466 e. The van der Waals surface area contributed by atoms with Crippen molar-refractivity contribution in [2.45, 2.75) is 13.8 Å². The highest BCUT2D eigenvalue weighted by molar-refractivity contribution is 8.18. The van der Waals surface area contributed by atoms with E-state index >= 15 is 0 Å². The molecule has 1 aliphatic rings. The van der Waals surface area contributed by atoms with Crippen molar-refractivity contribution in [1.82, 2.24) is 15.2 Å². The van der Waals surface area contributed by atoms with Gasteiger partial charge in [-0.15, -0.1) is 0 Å². The summed E-state index contributed by atoms with van der Waals surface area (Å²) in [6.45, 7) is 3.75. The van der Waals surface area contributed by atoms with Crippen molar-refractivity contribution in [1.29, 1.82) is 0 Å². The predicted molar refractivity (Wildman–Crippen MR) is 97.4 cm³/mol. The summed E-state index contributed by atoms with van der Waals surface area (Å²) in [5, 5.41) is 2.35. The van der Waals surface area contributed by atoms with Gasteiger partial charge >= 0.3 is 0 Å². The molecule has 26 heavy (non-hydrogen) atoms. The monoisotopic (exact) mass is 371 g/mol. The number of carbonyl (C=O) groups excluding carboxylic acids is 3. The van der Waals surface area contributed by atoms with Crippen molar-refractivity contribution in [2.75, 3.05) is 13.1 Å². The quantitative estimate of drug-likeness (QED) is 0.813. The Kier molecular flexibility index (Phi) is 5.22. The van der Waals surface area contributed by atoms with Crippen LogP contribution in [0.15, 0.2) is 39.9 Å². The van der Waals surface area contributed by atoms with E-state index in [2.05, 4.69) is 10.3 Å². The van der Waals surface area contributed by atoms with Gasteiger partial charge in [0, 0.05) is 25.5 Å². The lowest BCUT2D eigenvalue weighted by Crippen LogP contribution is -2.37. The molecule has 3 rings (SSSR count). The summed E-state index contributed by atoms with van der Waals surface area (Å²) in [7, 11) is 0. The number of imide groups is 1. The summed E-state index contributed by atoms with van der Waals surface area (Å²) in [4.78, 5) is 42.0. The molecular weight excluding hydrogens is 354 g/mol. The second kappa shape index (κ2) is 7.57. The summed E-state index contributed by atoms with van der Waals surface area (Å²) in [6, 6.07) is 5.21. The fourth-order valence-electron chi connectivity index (χ4n) is 2.54. The number of pyridine rings is 1. The van der Waals surface area contributed by atoms with Crippen LogP contribution in [0.4, 0.5) is 4.79 Å². The SMILES string of the molecule is Cc1cc(C(=O)NCCN2C(=O)SC(=Cc3cccnc3)C2=O)c(C)o1. The summed E-state index contributed by atoms with van der Waals surface area (Å²) in [5.41, 5.74) is 1.20. The Hall–Kier alpha value is -2.87. The van der Waals surface area contributed by atoms with Crippen LogP contribution in [0.25, 0.3) is 6.08 Å². The fraction of sp³-hybridized carbons (Fsp3) is 0.222. The number of nitrogens with zero attached hydrogens (tertiary/aromatic N) is 2. The van der Waals surface area contributed by atoms with Crippen LogP contribution in [-0.2, 0) is 4.79 Å². The van der Waals surface area contributed by atoms with Gasteiger partial charge in [0.2, 0.25) is 0 Å². The summed E-state index contributed by atoms with van der Waals surface area (Å²) in [6.07, 6.45) is 4.88. The second-order valence-corrected chi connectivity index (χ2v) is 6.70. The third-order valence-electron chi connectivity index (χ3n) is 3.76. The van der Waals surface area contributed by atoms with Gasteiger partial charge in [-0.25, -0.2) is 0 Å². The molecule has 0 bridgehead atoms. The van der Waals surface area contributed by atoms with Crippen molar-refractivity contribution in [3.8, 4) is 0 Å². The molecule has 0 radical (unpaired) electrons. The van der Waals surface area contributed by atoms with Crippen LogP contribution in [0.2, 0.25) is 0 Å². The smallest absolute Gasteiger partial charge is 0.293 e. The number of nitrogens with one attached hydrogen (secondary N) is 1. The van der Waals surface area contributed by atoms with Crippen molar-refractivity contribution in [3.05, 3.63) is 58.1 Å². The van der Waals surface area contributed by atoms with Crippen LogP contribution in [0.5, 0.6) is 0 Å². The number of aryl methyl sites for hydroxylation is 2. The minimum absolute atomic E-state index is 0.108. The highest BCUT2D eigenvalue weighted by Gasteiger charge is 2.34. The first-order valence-corrected chi connectivity index (χ1v) is 8.78. The van der Waals surface area contributed by atoms with Crippen molar-refractivity contribution in [2.24, 2.45) is 0 Å². The molecule has 7 nitrogen and oxygen atoms in total. The van der Waals surface area contributed by atoms with Gasteiger partial charge in [0.1, 0.15) is 11.5 Å². The Morgan fingerprint density at radius 3 is 2.85 bits per heavy atom. The van der Waals surface area contributed by atoms with Crippen LogP contribution >= 0.6 is 11.8 Å². The Balaban J connectivity index is 1.59. The van der Waals surface area contributed by atoms with E-state index in [1.165, 1.54) is 0 Å². The molecule has 2 aromatic rings. The molecule has 8 heteroatoms. The molecule has 0 unspecified atom stereocenters. The van der Waals surface area contributed by atoms with Crippen LogP contribution < -0.4 is 5.32 Å². The molecule has 1 N–H and O–H groups in total. The first kappa shape index (κ1) is 17.9. The number of rotatable bonds is 5. The summed E-state index contributed by atoms with van der Waals surface area (Å²) >= 11 is 0.881. The second-order valence-electron chi connectivity index (χ2n) is 5.70. The number of amides is 3. The molecule has 1 aliphatic heterocycles.